The van der Waals surface area contributed by atoms with Crippen LogP contribution in [-0.2, 0) is 4.79 Å². The fourth-order valence-electron chi connectivity index (χ4n) is 1.88. The molecule has 3 rings (SSSR count). The summed E-state index contributed by atoms with van der Waals surface area (Å²) >= 11 is 1.31. The topological polar surface area (TPSA) is 70.7 Å². The van der Waals surface area contributed by atoms with E-state index in [4.69, 9.17) is 0 Å². The van der Waals surface area contributed by atoms with E-state index in [-0.39, 0.29) is 17.0 Å². The van der Waals surface area contributed by atoms with Crippen molar-refractivity contribution in [3.8, 4) is 0 Å². The molecular weight excluding hydrogens is 303 g/mol. The summed E-state index contributed by atoms with van der Waals surface area (Å²) in [6.45, 7) is 1.78. The number of H-pyrrole nitrogens is 1. The molecule has 0 aliphatic heterocycles. The number of aromatic nitrogens is 3. The summed E-state index contributed by atoms with van der Waals surface area (Å²) in [6.07, 6.45) is 1.67. The summed E-state index contributed by atoms with van der Waals surface area (Å²) in [7, 11) is 0. The SMILES string of the molecule is C[C@@H](Sc1nc2ncccc2[nH]1)C(=O)Nc1ccc(F)cc1. The number of benzene rings is 1. The van der Waals surface area contributed by atoms with Crippen LogP contribution >= 0.6 is 11.8 Å². The van der Waals surface area contributed by atoms with Gasteiger partial charge in [-0.2, -0.15) is 0 Å². The van der Waals surface area contributed by atoms with Crippen molar-refractivity contribution >= 4 is 34.5 Å². The lowest BCUT2D eigenvalue weighted by molar-refractivity contribution is -0.115. The summed E-state index contributed by atoms with van der Waals surface area (Å²) in [5, 5.41) is 3.02. The van der Waals surface area contributed by atoms with Gasteiger partial charge < -0.3 is 10.3 Å². The highest BCUT2D eigenvalue weighted by Crippen LogP contribution is 2.23. The number of hydrogen-bond acceptors (Lipinski definition) is 4. The van der Waals surface area contributed by atoms with Crippen LogP contribution in [0.3, 0.4) is 0 Å². The molecular formula is C15H13FN4OS. The van der Waals surface area contributed by atoms with Crippen molar-refractivity contribution in [2.24, 2.45) is 0 Å². The third-order valence-corrected chi connectivity index (χ3v) is 3.99. The molecule has 2 N–H and O–H groups in total. The molecule has 0 fully saturated rings. The third kappa shape index (κ3) is 3.25. The van der Waals surface area contributed by atoms with Crippen molar-refractivity contribution in [3.05, 3.63) is 48.4 Å². The first kappa shape index (κ1) is 14.5. The number of thioether (sulfide) groups is 1. The fourth-order valence-corrected chi connectivity index (χ4v) is 2.69. The quantitative estimate of drug-likeness (QED) is 0.725. The molecule has 0 aliphatic rings. The molecule has 0 aliphatic carbocycles. The number of carbonyl (C=O) groups excluding carboxylic acids is 1. The molecule has 0 saturated carbocycles. The second-order valence-electron chi connectivity index (χ2n) is 4.67. The minimum Gasteiger partial charge on any atom is -0.332 e. The molecule has 1 amide bonds. The highest BCUT2D eigenvalue weighted by molar-refractivity contribution is 8.00. The van der Waals surface area contributed by atoms with Crippen molar-refractivity contribution in [2.75, 3.05) is 5.32 Å². The number of nitrogens with zero attached hydrogens (tertiary/aromatic N) is 2. The number of nitrogens with one attached hydrogen (secondary N) is 2. The van der Waals surface area contributed by atoms with Crippen LogP contribution in [0.5, 0.6) is 0 Å². The van der Waals surface area contributed by atoms with Gasteiger partial charge in [0, 0.05) is 11.9 Å². The highest BCUT2D eigenvalue weighted by Gasteiger charge is 2.17. The van der Waals surface area contributed by atoms with E-state index in [9.17, 15) is 9.18 Å². The molecule has 1 aromatic carbocycles. The number of halogens is 1. The van der Waals surface area contributed by atoms with Crippen molar-refractivity contribution < 1.29 is 9.18 Å². The molecule has 3 aromatic rings. The normalized spacial score (nSPS) is 12.3. The van der Waals surface area contributed by atoms with E-state index in [1.165, 1.54) is 36.0 Å². The van der Waals surface area contributed by atoms with E-state index < -0.39 is 0 Å². The lowest BCUT2D eigenvalue weighted by Crippen LogP contribution is -2.22. The van der Waals surface area contributed by atoms with Crippen LogP contribution in [0.2, 0.25) is 0 Å². The molecule has 112 valence electrons. The average molecular weight is 316 g/mol. The van der Waals surface area contributed by atoms with Gasteiger partial charge in [0.05, 0.1) is 10.8 Å². The van der Waals surface area contributed by atoms with Gasteiger partial charge in [0.15, 0.2) is 10.8 Å². The molecule has 0 saturated heterocycles. The van der Waals surface area contributed by atoms with Gasteiger partial charge in [0.25, 0.3) is 0 Å². The van der Waals surface area contributed by atoms with Gasteiger partial charge in [-0.1, -0.05) is 11.8 Å². The van der Waals surface area contributed by atoms with Gasteiger partial charge in [-0.25, -0.2) is 14.4 Å². The number of carbonyl (C=O) groups is 1. The van der Waals surface area contributed by atoms with Crippen molar-refractivity contribution in [2.45, 2.75) is 17.3 Å². The number of rotatable bonds is 4. The van der Waals surface area contributed by atoms with Gasteiger partial charge in [0.2, 0.25) is 5.91 Å². The Labute approximate surface area is 130 Å². The van der Waals surface area contributed by atoms with E-state index in [1.807, 2.05) is 12.1 Å². The zero-order chi connectivity index (χ0) is 15.5. The predicted octanol–water partition coefficient (Wildman–Crippen LogP) is 3.22. The first-order valence-electron chi connectivity index (χ1n) is 6.65. The molecule has 0 radical (unpaired) electrons. The minimum atomic E-state index is -0.356. The summed E-state index contributed by atoms with van der Waals surface area (Å²) in [6, 6.07) is 9.35. The molecule has 7 heteroatoms. The maximum Gasteiger partial charge on any atom is 0.237 e. The Morgan fingerprint density at radius 2 is 2.09 bits per heavy atom. The second-order valence-corrected chi connectivity index (χ2v) is 6.00. The molecule has 0 unspecified atom stereocenters. The van der Waals surface area contributed by atoms with Crippen LogP contribution in [0.4, 0.5) is 10.1 Å². The van der Waals surface area contributed by atoms with Crippen LogP contribution in [0.15, 0.2) is 47.8 Å². The van der Waals surface area contributed by atoms with E-state index in [0.29, 0.717) is 16.5 Å². The van der Waals surface area contributed by atoms with Gasteiger partial charge in [0.1, 0.15) is 5.82 Å². The lowest BCUT2D eigenvalue weighted by Gasteiger charge is -2.10. The molecule has 22 heavy (non-hydrogen) atoms. The van der Waals surface area contributed by atoms with Crippen LogP contribution in [0.1, 0.15) is 6.92 Å². The lowest BCUT2D eigenvalue weighted by atomic mass is 10.3. The van der Waals surface area contributed by atoms with Crippen LogP contribution in [-0.4, -0.2) is 26.1 Å². The minimum absolute atomic E-state index is 0.176. The first-order valence-corrected chi connectivity index (χ1v) is 7.53. The van der Waals surface area contributed by atoms with Crippen molar-refractivity contribution in [1.82, 2.24) is 15.0 Å². The van der Waals surface area contributed by atoms with E-state index >= 15 is 0 Å². The number of anilines is 1. The molecule has 0 bridgehead atoms. The molecule has 2 heterocycles. The summed E-state index contributed by atoms with van der Waals surface area (Å²) < 4.78 is 12.8. The Morgan fingerprint density at radius 1 is 1.32 bits per heavy atom. The number of fused-ring (bicyclic) bond motifs is 1. The third-order valence-electron chi connectivity index (χ3n) is 3.01. The number of imidazole rings is 1. The zero-order valence-electron chi connectivity index (χ0n) is 11.7. The average Bonchev–Trinajstić information content (AvgIpc) is 2.91. The molecule has 5 nitrogen and oxygen atoms in total. The molecule has 0 spiro atoms. The van der Waals surface area contributed by atoms with Crippen LogP contribution in [0.25, 0.3) is 11.2 Å². The second kappa shape index (κ2) is 6.15. The monoisotopic (exact) mass is 316 g/mol. The van der Waals surface area contributed by atoms with E-state index in [2.05, 4.69) is 20.3 Å². The number of amides is 1. The standard InChI is InChI=1S/C15H13FN4OS/c1-9(14(21)18-11-6-4-10(16)5-7-11)22-15-19-12-3-2-8-17-13(12)20-15/h2-9H,1H3,(H,18,21)(H,17,19,20)/t9-/m1/s1. The zero-order valence-corrected chi connectivity index (χ0v) is 12.5. The first-order chi connectivity index (χ1) is 10.6. The fraction of sp³-hybridized carbons (Fsp3) is 0.133. The summed E-state index contributed by atoms with van der Waals surface area (Å²) in [4.78, 5) is 23.7. The van der Waals surface area contributed by atoms with Gasteiger partial charge >= 0.3 is 0 Å². The van der Waals surface area contributed by atoms with E-state index in [1.54, 1.807) is 13.1 Å². The predicted molar refractivity (Wildman–Crippen MR) is 84.2 cm³/mol. The number of hydrogen-bond donors (Lipinski definition) is 2. The largest absolute Gasteiger partial charge is 0.332 e. The van der Waals surface area contributed by atoms with Gasteiger partial charge in [-0.05, 0) is 43.3 Å². The van der Waals surface area contributed by atoms with Gasteiger partial charge in [-0.15, -0.1) is 0 Å². The maximum atomic E-state index is 12.8. The Kier molecular flexibility index (Phi) is 4.06. The van der Waals surface area contributed by atoms with Crippen molar-refractivity contribution in [1.29, 1.82) is 0 Å². The maximum absolute atomic E-state index is 12.8. The Morgan fingerprint density at radius 3 is 2.82 bits per heavy atom. The molecule has 1 atom stereocenters. The number of aromatic amines is 1. The smallest absolute Gasteiger partial charge is 0.237 e. The summed E-state index contributed by atoms with van der Waals surface area (Å²) in [5.74, 6) is -0.514. The van der Waals surface area contributed by atoms with Gasteiger partial charge in [-0.3, -0.25) is 4.79 Å². The number of pyridine rings is 1. The highest BCUT2D eigenvalue weighted by atomic mass is 32.2. The Hall–Kier alpha value is -2.41. The molecule has 2 aromatic heterocycles. The van der Waals surface area contributed by atoms with Crippen LogP contribution in [0, 0.1) is 5.82 Å². The summed E-state index contributed by atoms with van der Waals surface area (Å²) in [5.41, 5.74) is 2.01. The Balaban J connectivity index is 1.66. The van der Waals surface area contributed by atoms with Crippen molar-refractivity contribution in [3.63, 3.8) is 0 Å². The Bertz CT molecular complexity index is 770. The van der Waals surface area contributed by atoms with E-state index in [0.717, 1.165) is 5.52 Å². The van der Waals surface area contributed by atoms with Crippen LogP contribution < -0.4 is 5.32 Å².